The van der Waals surface area contributed by atoms with Crippen molar-refractivity contribution < 1.29 is 19.1 Å². The first-order valence-corrected chi connectivity index (χ1v) is 11.3. The Labute approximate surface area is 199 Å². The van der Waals surface area contributed by atoms with E-state index >= 15 is 0 Å². The maximum absolute atomic E-state index is 13.2. The maximum atomic E-state index is 13.2. The summed E-state index contributed by atoms with van der Waals surface area (Å²) in [6.07, 6.45) is -0.0973. The molecule has 0 aromatic heterocycles. The van der Waals surface area contributed by atoms with E-state index in [0.29, 0.717) is 40.9 Å². The Kier molecular flexibility index (Phi) is 8.55. The number of halogens is 1. The molecule has 3 atom stereocenters. The molecule has 1 aliphatic rings. The molecule has 0 saturated carbocycles. The van der Waals surface area contributed by atoms with Gasteiger partial charge in [0, 0.05) is 55.8 Å². The van der Waals surface area contributed by atoms with Gasteiger partial charge in [-0.15, -0.1) is 0 Å². The van der Waals surface area contributed by atoms with E-state index in [9.17, 15) is 9.59 Å². The Morgan fingerprint density at radius 1 is 1.15 bits per heavy atom. The molecule has 9 heteroatoms. The molecule has 2 aromatic rings. The van der Waals surface area contributed by atoms with E-state index in [-0.39, 0.29) is 24.0 Å². The number of nitrogens with zero attached hydrogens (tertiary/aromatic N) is 1. The molecule has 0 aliphatic carbocycles. The molecule has 0 bridgehead atoms. The van der Waals surface area contributed by atoms with Gasteiger partial charge in [-0.1, -0.05) is 18.5 Å². The molecular weight excluding hydrogens is 444 g/mol. The predicted molar refractivity (Wildman–Crippen MR) is 130 cm³/mol. The van der Waals surface area contributed by atoms with Crippen LogP contribution in [0.25, 0.3) is 0 Å². The minimum Gasteiger partial charge on any atom is -0.491 e. The number of amides is 3. The van der Waals surface area contributed by atoms with Crippen LogP contribution in [0.15, 0.2) is 42.5 Å². The quantitative estimate of drug-likeness (QED) is 0.623. The normalized spacial score (nSPS) is 21.8. The third-order valence-corrected chi connectivity index (χ3v) is 5.84. The monoisotopic (exact) mass is 474 g/mol. The molecular formula is C24H31ClN4O4. The van der Waals surface area contributed by atoms with Crippen LogP contribution >= 0.6 is 11.6 Å². The van der Waals surface area contributed by atoms with Crippen molar-refractivity contribution >= 4 is 34.9 Å². The van der Waals surface area contributed by atoms with Gasteiger partial charge < -0.3 is 30.3 Å². The molecule has 0 spiro atoms. The lowest BCUT2D eigenvalue weighted by molar-refractivity contribution is 0.0281. The van der Waals surface area contributed by atoms with E-state index in [1.165, 1.54) is 0 Å². The summed E-state index contributed by atoms with van der Waals surface area (Å²) in [4.78, 5) is 27.2. The van der Waals surface area contributed by atoms with Gasteiger partial charge >= 0.3 is 6.03 Å². The van der Waals surface area contributed by atoms with Crippen molar-refractivity contribution in [3.05, 3.63) is 53.1 Å². The summed E-state index contributed by atoms with van der Waals surface area (Å²) in [5, 5.41) is 9.56. The molecule has 0 radical (unpaired) electrons. The van der Waals surface area contributed by atoms with Crippen molar-refractivity contribution in [2.24, 2.45) is 5.92 Å². The molecule has 33 heavy (non-hydrogen) atoms. The largest absolute Gasteiger partial charge is 0.491 e. The van der Waals surface area contributed by atoms with E-state index in [2.05, 4.69) is 22.9 Å². The zero-order valence-electron chi connectivity index (χ0n) is 19.4. The summed E-state index contributed by atoms with van der Waals surface area (Å²) in [7, 11) is 3.41. The van der Waals surface area contributed by atoms with E-state index in [4.69, 9.17) is 21.1 Å². The molecule has 0 saturated heterocycles. The Hall–Kier alpha value is -2.81. The molecule has 3 rings (SSSR count). The summed E-state index contributed by atoms with van der Waals surface area (Å²) in [5.41, 5.74) is 1.54. The first-order valence-electron chi connectivity index (χ1n) is 10.9. The van der Waals surface area contributed by atoms with E-state index in [0.717, 1.165) is 6.54 Å². The highest BCUT2D eigenvalue weighted by Crippen LogP contribution is 2.26. The number of hydrogen-bond acceptors (Lipinski definition) is 5. The standard InChI is InChI=1S/C24H31ClN4O4/c1-15-12-26-16(2)14-33-21-11-19(28-24(31)27-18-7-5-17(25)6-8-18)9-10-20(21)23(30)29(3)13-22(15)32-4/h5-11,15-16,22,26H,12-14H2,1-4H3,(H2,27,28,31)/t15-,16-,22-/m0/s1. The molecule has 3 N–H and O–H groups in total. The zero-order valence-corrected chi connectivity index (χ0v) is 20.1. The number of likely N-dealkylation sites (N-methyl/N-ethyl adjacent to an activating group) is 1. The molecule has 8 nitrogen and oxygen atoms in total. The minimum absolute atomic E-state index is 0.0647. The minimum atomic E-state index is -0.416. The Morgan fingerprint density at radius 2 is 1.82 bits per heavy atom. The number of fused-ring (bicyclic) bond motifs is 1. The van der Waals surface area contributed by atoms with Crippen LogP contribution in [0.3, 0.4) is 0 Å². The topological polar surface area (TPSA) is 91.9 Å². The van der Waals surface area contributed by atoms with Crippen LogP contribution in [0.2, 0.25) is 5.02 Å². The van der Waals surface area contributed by atoms with Crippen LogP contribution in [0, 0.1) is 5.92 Å². The molecule has 0 fully saturated rings. The van der Waals surface area contributed by atoms with Gasteiger partial charge in [0.1, 0.15) is 12.4 Å². The van der Waals surface area contributed by atoms with Crippen molar-refractivity contribution in [1.82, 2.24) is 10.2 Å². The fraction of sp³-hybridized carbons (Fsp3) is 0.417. The number of benzene rings is 2. The fourth-order valence-electron chi connectivity index (χ4n) is 3.56. The smallest absolute Gasteiger partial charge is 0.323 e. The lowest BCUT2D eigenvalue weighted by Gasteiger charge is -2.30. The summed E-state index contributed by atoms with van der Waals surface area (Å²) in [6, 6.07) is 11.5. The lowest BCUT2D eigenvalue weighted by Crippen LogP contribution is -2.44. The zero-order chi connectivity index (χ0) is 24.0. The van der Waals surface area contributed by atoms with Crippen molar-refractivity contribution in [3.8, 4) is 5.75 Å². The third-order valence-electron chi connectivity index (χ3n) is 5.59. The van der Waals surface area contributed by atoms with Crippen LogP contribution < -0.4 is 20.7 Å². The highest BCUT2D eigenvalue weighted by atomic mass is 35.5. The van der Waals surface area contributed by atoms with E-state index in [1.807, 2.05) is 6.92 Å². The van der Waals surface area contributed by atoms with Gasteiger partial charge in [0.25, 0.3) is 5.91 Å². The van der Waals surface area contributed by atoms with Gasteiger partial charge in [-0.05, 0) is 49.2 Å². The third kappa shape index (κ3) is 6.83. The van der Waals surface area contributed by atoms with E-state index in [1.54, 1.807) is 61.5 Å². The highest BCUT2D eigenvalue weighted by Gasteiger charge is 2.25. The average molecular weight is 475 g/mol. The SMILES string of the molecule is CO[C@H]1CN(C)C(=O)c2ccc(NC(=O)Nc3ccc(Cl)cc3)cc2OC[C@H](C)NC[C@@H]1C. The number of rotatable bonds is 3. The molecule has 2 aromatic carbocycles. The number of nitrogens with one attached hydrogen (secondary N) is 3. The average Bonchev–Trinajstić information content (AvgIpc) is 2.80. The Balaban J connectivity index is 1.80. The van der Waals surface area contributed by atoms with Gasteiger partial charge in [-0.2, -0.15) is 0 Å². The predicted octanol–water partition coefficient (Wildman–Crippen LogP) is 4.08. The Morgan fingerprint density at radius 3 is 2.52 bits per heavy atom. The van der Waals surface area contributed by atoms with E-state index < -0.39 is 6.03 Å². The molecule has 0 unspecified atom stereocenters. The van der Waals surface area contributed by atoms with Crippen LogP contribution in [0.4, 0.5) is 16.2 Å². The van der Waals surface area contributed by atoms with Crippen molar-refractivity contribution in [2.45, 2.75) is 26.0 Å². The molecule has 178 valence electrons. The van der Waals surface area contributed by atoms with Crippen LogP contribution in [-0.4, -0.2) is 62.8 Å². The molecule has 3 amide bonds. The second-order valence-corrected chi connectivity index (χ2v) is 8.79. The highest BCUT2D eigenvalue weighted by molar-refractivity contribution is 6.30. The summed E-state index contributed by atoms with van der Waals surface area (Å²) in [5.74, 6) is 0.460. The number of anilines is 2. The van der Waals surface area contributed by atoms with Gasteiger partial charge in [-0.25, -0.2) is 4.79 Å². The fourth-order valence-corrected chi connectivity index (χ4v) is 3.69. The van der Waals surface area contributed by atoms with Gasteiger partial charge in [0.2, 0.25) is 0 Å². The van der Waals surface area contributed by atoms with Crippen LogP contribution in [-0.2, 0) is 4.74 Å². The number of hydrogen-bond donors (Lipinski definition) is 3. The molecule has 1 aliphatic heterocycles. The number of urea groups is 1. The van der Waals surface area contributed by atoms with Gasteiger partial charge in [0.15, 0.2) is 0 Å². The second-order valence-electron chi connectivity index (χ2n) is 8.35. The summed E-state index contributed by atoms with van der Waals surface area (Å²) >= 11 is 5.88. The Bertz CT molecular complexity index is 969. The lowest BCUT2D eigenvalue weighted by atomic mass is 10.0. The van der Waals surface area contributed by atoms with Crippen molar-refractivity contribution in [2.75, 3.05) is 44.5 Å². The first kappa shape index (κ1) is 24.8. The van der Waals surface area contributed by atoms with Crippen molar-refractivity contribution in [3.63, 3.8) is 0 Å². The number of methoxy groups -OCH3 is 1. The number of carbonyl (C=O) groups is 2. The first-order chi connectivity index (χ1) is 15.8. The van der Waals surface area contributed by atoms with Crippen LogP contribution in [0.1, 0.15) is 24.2 Å². The molecule has 1 heterocycles. The van der Waals surface area contributed by atoms with Gasteiger partial charge in [0.05, 0.1) is 11.7 Å². The number of carbonyl (C=O) groups excluding carboxylic acids is 2. The maximum Gasteiger partial charge on any atom is 0.323 e. The summed E-state index contributed by atoms with van der Waals surface area (Å²) in [6.45, 7) is 5.68. The summed E-state index contributed by atoms with van der Waals surface area (Å²) < 4.78 is 11.6. The van der Waals surface area contributed by atoms with Crippen molar-refractivity contribution in [1.29, 1.82) is 0 Å². The second kappa shape index (κ2) is 11.4. The number of ether oxygens (including phenoxy) is 2. The van der Waals surface area contributed by atoms with Crippen LogP contribution in [0.5, 0.6) is 5.75 Å². The van der Waals surface area contributed by atoms with Gasteiger partial charge in [-0.3, -0.25) is 4.79 Å².